The van der Waals surface area contributed by atoms with Gasteiger partial charge in [-0.1, -0.05) is 97.7 Å². The highest BCUT2D eigenvalue weighted by Gasteiger charge is 2.24. The first-order valence-electron chi connectivity index (χ1n) is 39.2. The first kappa shape index (κ1) is 86.8. The largest absolute Gasteiger partial charge is 0.478 e. The highest BCUT2D eigenvalue weighted by atomic mass is 16.5. The van der Waals surface area contributed by atoms with Gasteiger partial charge in [0.2, 0.25) is 0 Å². The predicted octanol–water partition coefficient (Wildman–Crippen LogP) is 14.3. The highest BCUT2D eigenvalue weighted by Crippen LogP contribution is 2.35. The molecule has 16 rings (SSSR count). The molecule has 0 fully saturated rings. The molecule has 36 heteroatoms. The molecule has 0 aliphatic rings. The zero-order valence-electron chi connectivity index (χ0n) is 71.7. The van der Waals surface area contributed by atoms with Crippen molar-refractivity contribution in [1.29, 1.82) is 0 Å². The summed E-state index contributed by atoms with van der Waals surface area (Å²) in [6.07, 6.45) is 29.6. The molecule has 644 valence electrons. The number of nitrogens with zero attached hydrogens (tertiary/aromatic N) is 20. The van der Waals surface area contributed by atoms with Crippen LogP contribution >= 0.6 is 0 Å². The number of ether oxygens (including phenoxy) is 4. The summed E-state index contributed by atoms with van der Waals surface area (Å²) in [5, 5.41) is 42.9. The Morgan fingerprint density at radius 3 is 1.05 bits per heavy atom. The van der Waals surface area contributed by atoms with Gasteiger partial charge in [-0.05, 0) is 116 Å². The molecule has 126 heavy (non-hydrogen) atoms. The quantitative estimate of drug-likeness (QED) is 0.0194. The Kier molecular flexibility index (Phi) is 26.0. The van der Waals surface area contributed by atoms with Gasteiger partial charge in [-0.2, -0.15) is 0 Å². The number of hydrogen-bond acceptors (Lipinski definition) is 24. The standard InChI is InChI=1S/C24H27N7O2.C23H25N7O2.C22H23N7O2.C21H21N7O2/c1-7-16(4)26-17-9-8-10-18(11-17)30-14-19(27-20-13-29(5)28-23(20)33-6)22-25-12-21(15(2)3)31(22)24(30)32;1-6-15(3)25-16-9-8-10-18(11-16)29-14-19(26-20-13-28(4)27-22(20)32-5)21-24-12-17(7-2)30(21)23(29)31;1-6-14(2)24-16-8-7-9-17(10-16)28-13-18(20-23-11-15(3)29(20)22(28)30)25-19-12-27(4)26-21(19)31-5;1-5-14(2)23-15-7-6-8-16(11-15)28-13-17(19-22-9-10-27(19)21(28)29)24-18-12-26(3)25-20(18)30-4/h7-15,26-27H,1,4H2,2-3,5-6H3;6,8-14,25-26H,1,3,7H2,2,4-5H3;6-13,24-25H,1-2H2,3-5H3;5-13,23-24H,1-2H2,3-4H3. The lowest BCUT2D eigenvalue weighted by atomic mass is 10.1. The molecule has 0 aliphatic carbocycles. The van der Waals surface area contributed by atoms with Crippen LogP contribution in [0.3, 0.4) is 0 Å². The highest BCUT2D eigenvalue weighted by molar-refractivity contribution is 5.80. The summed E-state index contributed by atoms with van der Waals surface area (Å²) in [7, 11) is 13.5. The van der Waals surface area contributed by atoms with E-state index in [1.165, 1.54) is 4.40 Å². The summed E-state index contributed by atoms with van der Waals surface area (Å²) < 4.78 is 40.6. The summed E-state index contributed by atoms with van der Waals surface area (Å²) in [4.78, 5) is 71.2. The van der Waals surface area contributed by atoms with E-state index in [0.717, 1.165) is 39.8 Å². The number of imidazole rings is 4. The Balaban J connectivity index is 0.000000144. The summed E-state index contributed by atoms with van der Waals surface area (Å²) in [5.41, 5.74) is 17.3. The van der Waals surface area contributed by atoms with Crippen LogP contribution in [0.25, 0.3) is 45.3 Å². The molecule has 0 saturated heterocycles. The van der Waals surface area contributed by atoms with Gasteiger partial charge in [0, 0.05) is 141 Å². The lowest BCUT2D eigenvalue weighted by Gasteiger charge is -2.15. The van der Waals surface area contributed by atoms with Crippen LogP contribution in [0.5, 0.6) is 23.5 Å². The van der Waals surface area contributed by atoms with Crippen molar-refractivity contribution in [3.8, 4) is 46.3 Å². The smallest absolute Gasteiger partial charge is 0.338 e. The number of anilines is 12. The van der Waals surface area contributed by atoms with Crippen LogP contribution in [-0.4, -0.2) is 123 Å². The van der Waals surface area contributed by atoms with E-state index in [0.29, 0.717) is 144 Å². The van der Waals surface area contributed by atoms with Crippen molar-refractivity contribution in [3.63, 3.8) is 0 Å². The van der Waals surface area contributed by atoms with Crippen molar-refractivity contribution >= 4 is 90.8 Å². The third-order valence-corrected chi connectivity index (χ3v) is 19.5. The predicted molar refractivity (Wildman–Crippen MR) is 495 cm³/mol. The van der Waals surface area contributed by atoms with Crippen LogP contribution in [0.15, 0.2) is 297 Å². The summed E-state index contributed by atoms with van der Waals surface area (Å²) in [6.45, 7) is 38.2. The molecule has 0 amide bonds. The van der Waals surface area contributed by atoms with E-state index in [1.807, 2.05) is 145 Å². The Hall–Kier alpha value is -17.1. The summed E-state index contributed by atoms with van der Waals surface area (Å²) in [5.74, 6) is 1.87. The number of nitrogens with one attached hydrogen (secondary N) is 8. The molecule has 0 bridgehead atoms. The Bertz CT molecular complexity index is 7140. The maximum Gasteiger partial charge on any atom is 0.338 e. The molecule has 0 saturated carbocycles. The third-order valence-electron chi connectivity index (χ3n) is 19.5. The molecule has 0 spiro atoms. The van der Waals surface area contributed by atoms with Crippen molar-refractivity contribution in [2.45, 2.75) is 40.0 Å². The van der Waals surface area contributed by atoms with Gasteiger partial charge in [0.1, 0.15) is 22.7 Å². The van der Waals surface area contributed by atoms with Crippen LogP contribution in [0.1, 0.15) is 43.8 Å². The molecular formula is C90H96N28O8. The van der Waals surface area contributed by atoms with E-state index >= 15 is 0 Å². The van der Waals surface area contributed by atoms with E-state index in [-0.39, 0.29) is 28.7 Å². The number of benzene rings is 4. The van der Waals surface area contributed by atoms with Crippen LogP contribution in [0.4, 0.5) is 68.2 Å². The van der Waals surface area contributed by atoms with Gasteiger partial charge in [-0.25, -0.2) is 56.7 Å². The second-order valence-corrected chi connectivity index (χ2v) is 28.7. The van der Waals surface area contributed by atoms with Crippen LogP contribution in [-0.2, 0) is 34.6 Å². The number of rotatable bonds is 30. The van der Waals surface area contributed by atoms with Gasteiger partial charge in [0.25, 0.3) is 23.5 Å². The van der Waals surface area contributed by atoms with Crippen molar-refractivity contribution in [2.24, 2.45) is 28.2 Å². The number of aryl methyl sites for hydroxylation is 6. The molecule has 8 N–H and O–H groups in total. The second-order valence-electron chi connectivity index (χ2n) is 28.7. The average Bonchev–Trinajstić information content (AvgIpc) is 1.57. The Labute approximate surface area is 723 Å². The fourth-order valence-corrected chi connectivity index (χ4v) is 13.5. The lowest BCUT2D eigenvalue weighted by molar-refractivity contribution is 0.393. The average molecular weight is 1700 g/mol. The molecule has 12 aromatic heterocycles. The maximum atomic E-state index is 13.6. The molecule has 0 aliphatic heterocycles. The van der Waals surface area contributed by atoms with Crippen molar-refractivity contribution in [2.75, 3.05) is 71.0 Å². The lowest BCUT2D eigenvalue weighted by Crippen LogP contribution is -2.27. The van der Waals surface area contributed by atoms with Crippen molar-refractivity contribution < 1.29 is 18.9 Å². The number of methoxy groups -OCH3 is 4. The minimum absolute atomic E-state index is 0.105. The summed E-state index contributed by atoms with van der Waals surface area (Å²) in [6, 6.07) is 30.0. The first-order valence-corrected chi connectivity index (χ1v) is 39.2. The van der Waals surface area contributed by atoms with Gasteiger partial charge in [-0.15, -0.1) is 20.4 Å². The number of hydrogen-bond donors (Lipinski definition) is 8. The van der Waals surface area contributed by atoms with E-state index in [1.54, 1.807) is 191 Å². The summed E-state index contributed by atoms with van der Waals surface area (Å²) >= 11 is 0. The van der Waals surface area contributed by atoms with Crippen LogP contribution in [0, 0.1) is 6.92 Å². The Morgan fingerprint density at radius 2 is 0.706 bits per heavy atom. The van der Waals surface area contributed by atoms with Crippen LogP contribution in [0.2, 0.25) is 0 Å². The molecule has 0 atom stereocenters. The van der Waals surface area contributed by atoms with Crippen molar-refractivity contribution in [1.82, 2.24) is 94.9 Å². The fourth-order valence-electron chi connectivity index (χ4n) is 13.5. The van der Waals surface area contributed by atoms with E-state index < -0.39 is 0 Å². The minimum atomic E-state index is -0.245. The van der Waals surface area contributed by atoms with Gasteiger partial charge < -0.3 is 61.5 Å². The zero-order chi connectivity index (χ0) is 89.9. The van der Waals surface area contributed by atoms with Crippen molar-refractivity contribution in [3.05, 3.63) is 336 Å². The fraction of sp³-hybridized carbons (Fsp3) is 0.156. The van der Waals surface area contributed by atoms with Gasteiger partial charge >= 0.3 is 22.8 Å². The molecule has 16 aromatic rings. The third kappa shape index (κ3) is 18.6. The van der Waals surface area contributed by atoms with E-state index in [2.05, 4.69) is 135 Å². The number of aromatic nitrogens is 20. The monoisotopic (exact) mass is 1700 g/mol. The Morgan fingerprint density at radius 1 is 0.397 bits per heavy atom. The molecule has 0 radical (unpaired) electrons. The van der Waals surface area contributed by atoms with Crippen LogP contribution < -0.4 is 84.2 Å². The molecule has 0 unspecified atom stereocenters. The van der Waals surface area contributed by atoms with Gasteiger partial charge in [-0.3, -0.25) is 37.0 Å². The first-order chi connectivity index (χ1) is 60.7. The maximum absolute atomic E-state index is 13.6. The number of fused-ring (bicyclic) bond motifs is 4. The zero-order valence-corrected chi connectivity index (χ0v) is 71.7. The van der Waals surface area contributed by atoms with Gasteiger partial charge in [0.05, 0.1) is 104 Å². The van der Waals surface area contributed by atoms with E-state index in [9.17, 15) is 19.2 Å². The SMILES string of the molecule is C=CC(=C)Nc1cccc(-n2cc(Nc3cn(C)nc3OC)c3ncc(C(C)C)n3c2=O)c1.C=CC(=C)Nc1cccc(-n2cc(Nc3cn(C)nc3OC)c3ncc(C)n3c2=O)c1.C=CC(=C)Nc1cccc(-n2cc(Nc3cn(C)nc3OC)c3ncc(CC)n3c2=O)c1.C=CC(=C)Nc1cccc(-n2cc(Nc3cn(C)nc3OC)c3nccn3c2=O)c1. The molecule has 36 nitrogen and oxygen atoms in total. The van der Waals surface area contributed by atoms with Gasteiger partial charge in [0.15, 0.2) is 22.6 Å². The molecule has 12 heterocycles. The minimum Gasteiger partial charge on any atom is -0.478 e. The molecule has 4 aromatic carbocycles. The molecular weight excluding hydrogens is 1600 g/mol. The topological polar surface area (TPSA) is 362 Å². The normalized spacial score (nSPS) is 10.9. The van der Waals surface area contributed by atoms with E-state index in [4.69, 9.17) is 18.9 Å². The number of allylic oxidation sites excluding steroid dienone is 4. The second kappa shape index (κ2) is 37.7.